The fourth-order valence-electron chi connectivity index (χ4n) is 2.25. The summed E-state index contributed by atoms with van der Waals surface area (Å²) in [7, 11) is 0. The Labute approximate surface area is 120 Å². The van der Waals surface area contributed by atoms with Crippen LogP contribution in [0.4, 0.5) is 0 Å². The van der Waals surface area contributed by atoms with E-state index in [9.17, 15) is 5.11 Å². The molecule has 2 rings (SSSR count). The van der Waals surface area contributed by atoms with Crippen molar-refractivity contribution in [3.8, 4) is 5.75 Å². The number of aromatic hydroxyl groups is 1. The molecule has 106 valence electrons. The predicted molar refractivity (Wildman–Crippen MR) is 81.8 cm³/mol. The molecule has 0 saturated carbocycles. The summed E-state index contributed by atoms with van der Waals surface area (Å²) in [6.45, 7) is 3.18. The third-order valence-electron chi connectivity index (χ3n) is 3.28. The Kier molecular flexibility index (Phi) is 5.56. The summed E-state index contributed by atoms with van der Waals surface area (Å²) in [6, 6.07) is 13.9. The van der Waals surface area contributed by atoms with Crippen LogP contribution >= 0.6 is 0 Å². The van der Waals surface area contributed by atoms with Crippen LogP contribution in [0.25, 0.3) is 0 Å². The molecule has 3 heteroatoms. The maximum Gasteiger partial charge on any atom is 0.115 e. The van der Waals surface area contributed by atoms with Gasteiger partial charge in [0.2, 0.25) is 0 Å². The fourth-order valence-corrected chi connectivity index (χ4v) is 2.25. The van der Waals surface area contributed by atoms with E-state index >= 15 is 0 Å². The lowest BCUT2D eigenvalue weighted by atomic mass is 10.0. The van der Waals surface area contributed by atoms with Crippen LogP contribution in [0, 0.1) is 0 Å². The molecule has 1 atom stereocenters. The number of benzene rings is 1. The first-order chi connectivity index (χ1) is 9.78. The molecule has 1 heterocycles. The Morgan fingerprint density at radius 1 is 1.10 bits per heavy atom. The van der Waals surface area contributed by atoms with Crippen molar-refractivity contribution in [1.82, 2.24) is 10.3 Å². The van der Waals surface area contributed by atoms with Crippen LogP contribution in [0.2, 0.25) is 0 Å². The minimum absolute atomic E-state index is 0.316. The number of hydrogen-bond donors (Lipinski definition) is 2. The van der Waals surface area contributed by atoms with Crippen molar-refractivity contribution < 1.29 is 5.11 Å². The van der Waals surface area contributed by atoms with Gasteiger partial charge in [-0.1, -0.05) is 25.1 Å². The van der Waals surface area contributed by atoms with Gasteiger partial charge in [-0.15, -0.1) is 0 Å². The van der Waals surface area contributed by atoms with Crippen LogP contribution in [0.1, 0.15) is 24.6 Å². The number of rotatable bonds is 7. The zero-order valence-corrected chi connectivity index (χ0v) is 11.9. The molecule has 0 radical (unpaired) electrons. The van der Waals surface area contributed by atoms with Crippen LogP contribution in [0.5, 0.6) is 5.75 Å². The van der Waals surface area contributed by atoms with E-state index in [0.717, 1.165) is 31.5 Å². The molecule has 3 nitrogen and oxygen atoms in total. The fraction of sp³-hybridized carbons (Fsp3) is 0.353. The molecule has 1 aromatic heterocycles. The Balaban J connectivity index is 2.01. The van der Waals surface area contributed by atoms with Crippen molar-refractivity contribution in [1.29, 1.82) is 0 Å². The van der Waals surface area contributed by atoms with Crippen molar-refractivity contribution >= 4 is 0 Å². The average Bonchev–Trinajstić information content (AvgIpc) is 2.48. The van der Waals surface area contributed by atoms with E-state index in [-0.39, 0.29) is 0 Å². The van der Waals surface area contributed by atoms with Crippen LogP contribution in [0.15, 0.2) is 48.7 Å². The van der Waals surface area contributed by atoms with Gasteiger partial charge in [-0.05, 0) is 49.2 Å². The summed E-state index contributed by atoms with van der Waals surface area (Å²) in [6.07, 6.45) is 4.82. The summed E-state index contributed by atoms with van der Waals surface area (Å²) in [5.41, 5.74) is 2.34. The molecule has 0 saturated heterocycles. The Hall–Kier alpha value is -1.87. The predicted octanol–water partition coefficient (Wildman–Crippen LogP) is 2.94. The number of phenols is 1. The van der Waals surface area contributed by atoms with Gasteiger partial charge in [0.15, 0.2) is 0 Å². The molecule has 20 heavy (non-hydrogen) atoms. The smallest absolute Gasteiger partial charge is 0.115 e. The van der Waals surface area contributed by atoms with Gasteiger partial charge in [-0.25, -0.2) is 0 Å². The monoisotopic (exact) mass is 270 g/mol. The average molecular weight is 270 g/mol. The molecule has 1 aromatic carbocycles. The van der Waals surface area contributed by atoms with Crippen LogP contribution < -0.4 is 5.32 Å². The topological polar surface area (TPSA) is 45.1 Å². The molecule has 0 bridgehead atoms. The summed E-state index contributed by atoms with van der Waals surface area (Å²) in [5.74, 6) is 0.316. The number of nitrogens with zero attached hydrogens (tertiary/aromatic N) is 1. The standard InChI is InChI=1S/C17H22N2O/c1-2-10-18-16(13-15-5-3-4-11-19-15)12-14-6-8-17(20)9-7-14/h3-9,11,16,18,20H,2,10,12-13H2,1H3. The molecule has 0 amide bonds. The highest BCUT2D eigenvalue weighted by Gasteiger charge is 2.10. The summed E-state index contributed by atoms with van der Waals surface area (Å²) < 4.78 is 0. The van der Waals surface area contributed by atoms with Gasteiger partial charge in [0.05, 0.1) is 0 Å². The number of nitrogens with one attached hydrogen (secondary N) is 1. The normalized spacial score (nSPS) is 12.2. The zero-order chi connectivity index (χ0) is 14.2. The van der Waals surface area contributed by atoms with E-state index in [0.29, 0.717) is 11.8 Å². The number of aromatic nitrogens is 1. The van der Waals surface area contributed by atoms with Gasteiger partial charge >= 0.3 is 0 Å². The minimum Gasteiger partial charge on any atom is -0.508 e. The van der Waals surface area contributed by atoms with E-state index in [2.05, 4.69) is 23.3 Å². The van der Waals surface area contributed by atoms with E-state index in [1.165, 1.54) is 5.56 Å². The van der Waals surface area contributed by atoms with Gasteiger partial charge in [-0.3, -0.25) is 4.98 Å². The van der Waals surface area contributed by atoms with Gasteiger partial charge in [-0.2, -0.15) is 0 Å². The van der Waals surface area contributed by atoms with Gasteiger partial charge in [0.25, 0.3) is 0 Å². The Morgan fingerprint density at radius 3 is 2.55 bits per heavy atom. The first-order valence-corrected chi connectivity index (χ1v) is 7.19. The van der Waals surface area contributed by atoms with Crippen molar-refractivity contribution in [3.05, 3.63) is 59.9 Å². The van der Waals surface area contributed by atoms with Gasteiger partial charge in [0.1, 0.15) is 5.75 Å². The van der Waals surface area contributed by atoms with Crippen molar-refractivity contribution in [2.24, 2.45) is 0 Å². The zero-order valence-electron chi connectivity index (χ0n) is 11.9. The second-order valence-corrected chi connectivity index (χ2v) is 5.05. The number of phenolic OH excluding ortho intramolecular Hbond substituents is 1. The highest BCUT2D eigenvalue weighted by atomic mass is 16.3. The Morgan fingerprint density at radius 2 is 1.90 bits per heavy atom. The highest BCUT2D eigenvalue weighted by molar-refractivity contribution is 5.26. The molecule has 2 N–H and O–H groups in total. The number of hydrogen-bond acceptors (Lipinski definition) is 3. The third kappa shape index (κ3) is 4.67. The molecule has 0 aliphatic rings. The number of pyridine rings is 1. The third-order valence-corrected chi connectivity index (χ3v) is 3.28. The summed E-state index contributed by atoms with van der Waals surface area (Å²) in [4.78, 5) is 4.40. The summed E-state index contributed by atoms with van der Waals surface area (Å²) in [5, 5.41) is 12.9. The highest BCUT2D eigenvalue weighted by Crippen LogP contribution is 2.13. The largest absolute Gasteiger partial charge is 0.508 e. The first-order valence-electron chi connectivity index (χ1n) is 7.19. The minimum atomic E-state index is 0.316. The quantitative estimate of drug-likeness (QED) is 0.813. The van der Waals surface area contributed by atoms with Crippen molar-refractivity contribution in [2.75, 3.05) is 6.54 Å². The Bertz CT molecular complexity index is 496. The lowest BCUT2D eigenvalue weighted by molar-refractivity contribution is 0.473. The van der Waals surface area contributed by atoms with E-state index in [4.69, 9.17) is 0 Å². The van der Waals surface area contributed by atoms with E-state index in [1.54, 1.807) is 12.1 Å². The SMILES string of the molecule is CCCNC(Cc1ccc(O)cc1)Cc1ccccn1. The van der Waals surface area contributed by atoms with Crippen molar-refractivity contribution in [2.45, 2.75) is 32.2 Å². The molecule has 0 aliphatic carbocycles. The molecular weight excluding hydrogens is 248 g/mol. The summed E-state index contributed by atoms with van der Waals surface area (Å²) >= 11 is 0. The second kappa shape index (κ2) is 7.65. The molecular formula is C17H22N2O. The van der Waals surface area contributed by atoms with E-state index < -0.39 is 0 Å². The van der Waals surface area contributed by atoms with Crippen LogP contribution in [-0.2, 0) is 12.8 Å². The van der Waals surface area contributed by atoms with Crippen molar-refractivity contribution in [3.63, 3.8) is 0 Å². The van der Waals surface area contributed by atoms with Gasteiger partial charge < -0.3 is 10.4 Å². The maximum atomic E-state index is 9.34. The first kappa shape index (κ1) is 14.5. The molecule has 2 aromatic rings. The van der Waals surface area contributed by atoms with Crippen LogP contribution in [-0.4, -0.2) is 22.7 Å². The second-order valence-electron chi connectivity index (χ2n) is 5.05. The maximum absolute atomic E-state index is 9.34. The molecule has 1 unspecified atom stereocenters. The molecule has 0 fully saturated rings. The van der Waals surface area contributed by atoms with Crippen LogP contribution in [0.3, 0.4) is 0 Å². The van der Waals surface area contributed by atoms with Gasteiger partial charge in [0, 0.05) is 24.4 Å². The van der Waals surface area contributed by atoms with E-state index in [1.807, 2.05) is 30.5 Å². The molecule has 0 spiro atoms. The lowest BCUT2D eigenvalue weighted by Gasteiger charge is -2.18. The molecule has 0 aliphatic heterocycles. The lowest BCUT2D eigenvalue weighted by Crippen LogP contribution is -2.34.